The number of benzene rings is 1. The van der Waals surface area contributed by atoms with Gasteiger partial charge in [-0.15, -0.1) is 0 Å². The molecule has 4 heterocycles. The van der Waals surface area contributed by atoms with Gasteiger partial charge in [-0.3, -0.25) is 0 Å². The third-order valence-electron chi connectivity index (χ3n) is 6.08. The number of fused-ring (bicyclic) bond motifs is 1. The van der Waals surface area contributed by atoms with Crippen LogP contribution in [0, 0.1) is 6.92 Å². The standard InChI is InChI=1S/C24H22ClF3N6/c1-15-21(5-7-30-23(15)32-17-12-19(25)18-4-6-29-20(18)13-17)33-8-10-34(11-9-33)22-3-2-16(14-31-22)24(26,27)28/h2-7,12-14,29H,8-11H2,1H3,(H,30,32). The summed E-state index contributed by atoms with van der Waals surface area (Å²) in [6.45, 7) is 4.76. The Balaban J connectivity index is 1.29. The number of halogens is 4. The van der Waals surface area contributed by atoms with E-state index in [-0.39, 0.29) is 0 Å². The molecule has 1 aliphatic heterocycles. The summed E-state index contributed by atoms with van der Waals surface area (Å²) in [5.74, 6) is 1.30. The lowest BCUT2D eigenvalue weighted by atomic mass is 10.1. The molecule has 0 amide bonds. The second-order valence-corrected chi connectivity index (χ2v) is 8.61. The minimum Gasteiger partial charge on any atom is -0.368 e. The molecule has 0 spiro atoms. The molecule has 6 nitrogen and oxygen atoms in total. The molecule has 1 aromatic carbocycles. The number of hydrogen-bond donors (Lipinski definition) is 2. The Bertz CT molecular complexity index is 1310. The molecule has 1 aliphatic rings. The first-order valence-corrected chi connectivity index (χ1v) is 11.2. The summed E-state index contributed by atoms with van der Waals surface area (Å²) < 4.78 is 38.4. The highest BCUT2D eigenvalue weighted by Crippen LogP contribution is 2.33. The third kappa shape index (κ3) is 4.35. The summed E-state index contributed by atoms with van der Waals surface area (Å²) in [6, 6.07) is 10.3. The van der Waals surface area contributed by atoms with Crippen molar-refractivity contribution in [3.05, 3.63) is 71.1 Å². The van der Waals surface area contributed by atoms with Crippen LogP contribution in [-0.4, -0.2) is 41.1 Å². The number of alkyl halides is 3. The Hall–Kier alpha value is -3.46. The van der Waals surface area contributed by atoms with Crippen LogP contribution in [0.3, 0.4) is 0 Å². The molecule has 0 atom stereocenters. The Kier molecular flexibility index (Phi) is 5.73. The third-order valence-corrected chi connectivity index (χ3v) is 6.39. The number of aromatic nitrogens is 3. The second-order valence-electron chi connectivity index (χ2n) is 8.20. The van der Waals surface area contributed by atoms with Crippen LogP contribution >= 0.6 is 11.6 Å². The van der Waals surface area contributed by atoms with Crippen molar-refractivity contribution >= 4 is 45.5 Å². The van der Waals surface area contributed by atoms with Crippen molar-refractivity contribution in [3.8, 4) is 0 Å². The highest BCUT2D eigenvalue weighted by Gasteiger charge is 2.31. The first-order chi connectivity index (χ1) is 16.3. The van der Waals surface area contributed by atoms with E-state index in [0.29, 0.717) is 37.0 Å². The summed E-state index contributed by atoms with van der Waals surface area (Å²) in [5, 5.41) is 4.99. The van der Waals surface area contributed by atoms with E-state index in [4.69, 9.17) is 11.6 Å². The van der Waals surface area contributed by atoms with Gasteiger partial charge < -0.3 is 20.1 Å². The fourth-order valence-corrected chi connectivity index (χ4v) is 4.52. The van der Waals surface area contributed by atoms with E-state index in [1.807, 2.05) is 42.3 Å². The van der Waals surface area contributed by atoms with Crippen molar-refractivity contribution in [2.45, 2.75) is 13.1 Å². The quantitative estimate of drug-likeness (QED) is 0.370. The fraction of sp³-hybridized carbons (Fsp3) is 0.250. The molecule has 5 rings (SSSR count). The molecular formula is C24H22ClF3N6. The Morgan fingerprint density at radius 2 is 1.76 bits per heavy atom. The van der Waals surface area contributed by atoms with Crippen molar-refractivity contribution in [2.24, 2.45) is 0 Å². The molecule has 0 bridgehead atoms. The minimum atomic E-state index is -4.38. The predicted octanol–water partition coefficient (Wildman–Crippen LogP) is 6.01. The van der Waals surface area contributed by atoms with Crippen LogP contribution in [0.2, 0.25) is 5.02 Å². The summed E-state index contributed by atoms with van der Waals surface area (Å²) in [4.78, 5) is 16.0. The number of rotatable bonds is 4. The van der Waals surface area contributed by atoms with Gasteiger partial charge >= 0.3 is 6.18 Å². The first-order valence-electron chi connectivity index (χ1n) is 10.8. The lowest BCUT2D eigenvalue weighted by Gasteiger charge is -2.37. The van der Waals surface area contributed by atoms with Crippen LogP contribution in [0.4, 0.5) is 36.2 Å². The van der Waals surface area contributed by atoms with Gasteiger partial charge in [0.1, 0.15) is 11.6 Å². The van der Waals surface area contributed by atoms with Gasteiger partial charge in [0.15, 0.2) is 0 Å². The van der Waals surface area contributed by atoms with Crippen molar-refractivity contribution < 1.29 is 13.2 Å². The number of nitrogens with zero attached hydrogens (tertiary/aromatic N) is 4. The Morgan fingerprint density at radius 3 is 2.47 bits per heavy atom. The molecular weight excluding hydrogens is 465 g/mol. The van der Waals surface area contributed by atoms with E-state index in [1.165, 1.54) is 6.07 Å². The van der Waals surface area contributed by atoms with Crippen LogP contribution < -0.4 is 15.1 Å². The largest absolute Gasteiger partial charge is 0.417 e. The molecule has 0 unspecified atom stereocenters. The zero-order valence-corrected chi connectivity index (χ0v) is 19.1. The molecule has 1 saturated heterocycles. The minimum absolute atomic E-state index is 0.554. The first kappa shape index (κ1) is 22.3. The number of pyridine rings is 2. The maximum atomic E-state index is 12.8. The van der Waals surface area contributed by atoms with Gasteiger partial charge in [-0.2, -0.15) is 13.2 Å². The lowest BCUT2D eigenvalue weighted by Crippen LogP contribution is -2.47. The molecule has 4 aromatic rings. The van der Waals surface area contributed by atoms with Crippen LogP contribution in [0.1, 0.15) is 11.1 Å². The highest BCUT2D eigenvalue weighted by atomic mass is 35.5. The number of H-pyrrole nitrogens is 1. The number of anilines is 4. The monoisotopic (exact) mass is 486 g/mol. The maximum absolute atomic E-state index is 12.8. The molecule has 176 valence electrons. The summed E-state index contributed by atoms with van der Waals surface area (Å²) >= 11 is 6.40. The van der Waals surface area contributed by atoms with Gasteiger partial charge in [-0.25, -0.2) is 9.97 Å². The molecule has 34 heavy (non-hydrogen) atoms. The van der Waals surface area contributed by atoms with Gasteiger partial charge in [0, 0.05) is 72.6 Å². The number of nitrogens with one attached hydrogen (secondary N) is 2. The zero-order chi connectivity index (χ0) is 23.9. The molecule has 0 saturated carbocycles. The van der Waals surface area contributed by atoms with Crippen LogP contribution in [-0.2, 0) is 6.18 Å². The normalized spacial score (nSPS) is 14.6. The maximum Gasteiger partial charge on any atom is 0.417 e. The van der Waals surface area contributed by atoms with Crippen molar-refractivity contribution in [1.82, 2.24) is 15.0 Å². The smallest absolute Gasteiger partial charge is 0.368 e. The van der Waals surface area contributed by atoms with Gasteiger partial charge in [0.25, 0.3) is 0 Å². The molecule has 2 N–H and O–H groups in total. The van der Waals surface area contributed by atoms with E-state index in [9.17, 15) is 13.2 Å². The molecule has 0 aliphatic carbocycles. The lowest BCUT2D eigenvalue weighted by molar-refractivity contribution is -0.137. The number of aromatic amines is 1. The SMILES string of the molecule is Cc1c(N2CCN(c3ccc(C(F)(F)F)cn3)CC2)ccnc1Nc1cc(Cl)c2cc[nH]c2c1. The Labute approximate surface area is 199 Å². The van der Waals surface area contributed by atoms with E-state index in [0.717, 1.165) is 45.9 Å². The average molecular weight is 487 g/mol. The van der Waals surface area contributed by atoms with Crippen LogP contribution in [0.15, 0.2) is 55.0 Å². The van der Waals surface area contributed by atoms with Crippen molar-refractivity contribution in [2.75, 3.05) is 41.3 Å². The van der Waals surface area contributed by atoms with Crippen LogP contribution in [0.25, 0.3) is 10.9 Å². The van der Waals surface area contributed by atoms with E-state index in [2.05, 4.69) is 25.2 Å². The fourth-order valence-electron chi connectivity index (χ4n) is 4.24. The average Bonchev–Trinajstić information content (AvgIpc) is 3.30. The van der Waals surface area contributed by atoms with Crippen molar-refractivity contribution in [1.29, 1.82) is 0 Å². The Morgan fingerprint density at radius 1 is 1.00 bits per heavy atom. The molecule has 3 aromatic heterocycles. The summed E-state index contributed by atoms with van der Waals surface area (Å²) in [5.41, 5.74) is 3.11. The molecule has 10 heteroatoms. The van der Waals surface area contributed by atoms with E-state index < -0.39 is 11.7 Å². The van der Waals surface area contributed by atoms with Crippen molar-refractivity contribution in [3.63, 3.8) is 0 Å². The topological polar surface area (TPSA) is 60.1 Å². The zero-order valence-electron chi connectivity index (χ0n) is 18.3. The number of hydrogen-bond acceptors (Lipinski definition) is 5. The predicted molar refractivity (Wildman–Crippen MR) is 129 cm³/mol. The molecule has 0 radical (unpaired) electrons. The van der Waals surface area contributed by atoms with Gasteiger partial charge in [0.05, 0.1) is 10.6 Å². The van der Waals surface area contributed by atoms with E-state index >= 15 is 0 Å². The summed E-state index contributed by atoms with van der Waals surface area (Å²) in [7, 11) is 0. The van der Waals surface area contributed by atoms with Gasteiger partial charge in [-0.1, -0.05) is 11.6 Å². The highest BCUT2D eigenvalue weighted by molar-refractivity contribution is 6.35. The summed E-state index contributed by atoms with van der Waals surface area (Å²) in [6.07, 6.45) is 0.129. The van der Waals surface area contributed by atoms with E-state index in [1.54, 1.807) is 6.20 Å². The van der Waals surface area contributed by atoms with Crippen LogP contribution in [0.5, 0.6) is 0 Å². The van der Waals surface area contributed by atoms with Gasteiger partial charge in [-0.05, 0) is 43.3 Å². The second kappa shape index (κ2) is 8.72. The molecule has 1 fully saturated rings. The number of piperazine rings is 1. The van der Waals surface area contributed by atoms with Gasteiger partial charge in [0.2, 0.25) is 0 Å².